The molecule has 74 valence electrons. The van der Waals surface area contributed by atoms with Gasteiger partial charge in [0.15, 0.2) is 12.2 Å². The maximum absolute atomic E-state index is 13.0. The lowest BCUT2D eigenvalue weighted by molar-refractivity contribution is -0.149. The van der Waals surface area contributed by atoms with E-state index in [0.29, 0.717) is 0 Å². The van der Waals surface area contributed by atoms with Crippen molar-refractivity contribution in [2.75, 3.05) is 6.54 Å². The van der Waals surface area contributed by atoms with Crippen molar-refractivity contribution in [3.8, 4) is 0 Å². The minimum atomic E-state index is -1.90. The van der Waals surface area contributed by atoms with Gasteiger partial charge in [0.1, 0.15) is 6.10 Å². The molecule has 0 spiro atoms. The predicted octanol–water partition coefficient (Wildman–Crippen LogP) is -0.999. The van der Waals surface area contributed by atoms with E-state index < -0.39 is 30.2 Å². The Hall–Kier alpha value is -1.17. The van der Waals surface area contributed by atoms with E-state index in [2.05, 4.69) is 0 Å². The number of halogens is 1. The predicted molar refractivity (Wildman–Crippen MR) is 39.7 cm³/mol. The van der Waals surface area contributed by atoms with Gasteiger partial charge in [0, 0.05) is 6.92 Å². The maximum Gasteiger partial charge on any atom is 0.329 e. The number of β-amino-alcohol motifs (C(OH)–C–C–N with tert-alkyl or cyclic N) is 1. The van der Waals surface area contributed by atoms with Crippen molar-refractivity contribution in [1.82, 2.24) is 4.90 Å². The number of hydrogen-bond acceptors (Lipinski definition) is 3. The molecule has 0 saturated carbocycles. The van der Waals surface area contributed by atoms with E-state index in [1.54, 1.807) is 0 Å². The quantitative estimate of drug-likeness (QED) is 0.557. The lowest BCUT2D eigenvalue weighted by Gasteiger charge is -2.19. The topological polar surface area (TPSA) is 77.8 Å². The van der Waals surface area contributed by atoms with E-state index in [-0.39, 0.29) is 6.54 Å². The first-order valence-corrected chi connectivity index (χ1v) is 3.77. The Labute approximate surface area is 73.8 Å². The number of carboxylic acids is 1. The van der Waals surface area contributed by atoms with Crippen LogP contribution in [-0.4, -0.2) is 51.9 Å². The van der Waals surface area contributed by atoms with Gasteiger partial charge in [-0.25, -0.2) is 9.18 Å². The van der Waals surface area contributed by atoms with Crippen LogP contribution in [0.2, 0.25) is 0 Å². The molecule has 1 amide bonds. The number of aliphatic hydroxyl groups is 1. The molecule has 5 nitrogen and oxygen atoms in total. The van der Waals surface area contributed by atoms with Gasteiger partial charge in [-0.15, -0.1) is 0 Å². The molecule has 13 heavy (non-hydrogen) atoms. The first-order valence-electron chi connectivity index (χ1n) is 3.77. The van der Waals surface area contributed by atoms with Crippen LogP contribution in [0.4, 0.5) is 4.39 Å². The van der Waals surface area contributed by atoms with Crippen LogP contribution in [0.5, 0.6) is 0 Å². The van der Waals surface area contributed by atoms with Crippen molar-refractivity contribution in [1.29, 1.82) is 0 Å². The number of carboxylic acid groups (broad SMARTS) is 1. The van der Waals surface area contributed by atoms with Gasteiger partial charge in [0.25, 0.3) is 0 Å². The lowest BCUT2D eigenvalue weighted by Crippen LogP contribution is -2.43. The molecule has 0 aliphatic carbocycles. The third kappa shape index (κ3) is 1.62. The van der Waals surface area contributed by atoms with Crippen LogP contribution in [-0.2, 0) is 9.59 Å². The van der Waals surface area contributed by atoms with Crippen LogP contribution in [0, 0.1) is 0 Å². The number of hydrogen-bond donors (Lipinski definition) is 2. The van der Waals surface area contributed by atoms with Gasteiger partial charge in [-0.1, -0.05) is 0 Å². The van der Waals surface area contributed by atoms with E-state index >= 15 is 0 Å². The number of aliphatic hydroxyl groups excluding tert-OH is 1. The Morgan fingerprint density at radius 3 is 2.38 bits per heavy atom. The number of alkyl halides is 1. The van der Waals surface area contributed by atoms with E-state index in [9.17, 15) is 14.0 Å². The summed E-state index contributed by atoms with van der Waals surface area (Å²) in [4.78, 5) is 22.2. The summed E-state index contributed by atoms with van der Waals surface area (Å²) in [6.45, 7) is 0.883. The van der Waals surface area contributed by atoms with Crippen LogP contribution in [0.3, 0.4) is 0 Å². The van der Waals surface area contributed by atoms with Crippen molar-refractivity contribution in [2.24, 2.45) is 0 Å². The molecule has 0 aromatic heterocycles. The molecule has 1 saturated heterocycles. The minimum absolute atomic E-state index is 0.256. The van der Waals surface area contributed by atoms with Crippen LogP contribution in [0.25, 0.3) is 0 Å². The van der Waals surface area contributed by atoms with Gasteiger partial charge in [0.05, 0.1) is 6.54 Å². The second kappa shape index (κ2) is 3.29. The van der Waals surface area contributed by atoms with Crippen molar-refractivity contribution >= 4 is 11.9 Å². The minimum Gasteiger partial charge on any atom is -0.480 e. The lowest BCUT2D eigenvalue weighted by atomic mass is 10.1. The zero-order valence-corrected chi connectivity index (χ0v) is 6.98. The van der Waals surface area contributed by atoms with Gasteiger partial charge in [0.2, 0.25) is 5.91 Å². The van der Waals surface area contributed by atoms with Crippen molar-refractivity contribution in [3.63, 3.8) is 0 Å². The molecular formula is C7H10FNO4. The second-order valence-electron chi connectivity index (χ2n) is 2.97. The fourth-order valence-electron chi connectivity index (χ4n) is 1.39. The van der Waals surface area contributed by atoms with Crippen LogP contribution in [0.15, 0.2) is 0 Å². The average Bonchev–Trinajstić information content (AvgIpc) is 2.28. The van der Waals surface area contributed by atoms with Crippen LogP contribution < -0.4 is 0 Å². The monoisotopic (exact) mass is 191 g/mol. The molecule has 0 bridgehead atoms. The van der Waals surface area contributed by atoms with Crippen molar-refractivity contribution in [2.45, 2.75) is 25.2 Å². The second-order valence-corrected chi connectivity index (χ2v) is 2.97. The normalized spacial score (nSPS) is 33.5. The highest BCUT2D eigenvalue weighted by molar-refractivity contribution is 5.83. The Bertz CT molecular complexity index is 245. The van der Waals surface area contributed by atoms with Crippen molar-refractivity contribution < 1.29 is 24.2 Å². The molecule has 0 aromatic carbocycles. The first kappa shape index (κ1) is 9.91. The number of likely N-dealkylation sites (tertiary alicyclic amines) is 1. The highest BCUT2D eigenvalue weighted by atomic mass is 19.1. The van der Waals surface area contributed by atoms with Crippen LogP contribution >= 0.6 is 0 Å². The molecule has 6 heteroatoms. The molecule has 0 aromatic rings. The summed E-state index contributed by atoms with van der Waals surface area (Å²) in [6.07, 6.45) is -3.30. The summed E-state index contributed by atoms with van der Waals surface area (Å²) in [5, 5.41) is 17.6. The van der Waals surface area contributed by atoms with Gasteiger partial charge in [-0.3, -0.25) is 4.79 Å². The summed E-state index contributed by atoms with van der Waals surface area (Å²) in [5.41, 5.74) is 0. The summed E-state index contributed by atoms with van der Waals surface area (Å²) >= 11 is 0. The number of carbonyl (C=O) groups is 2. The molecule has 1 rings (SSSR count). The zero-order chi connectivity index (χ0) is 10.2. The molecule has 0 radical (unpaired) electrons. The van der Waals surface area contributed by atoms with E-state index in [4.69, 9.17) is 10.2 Å². The van der Waals surface area contributed by atoms with Gasteiger partial charge in [-0.05, 0) is 0 Å². The third-order valence-electron chi connectivity index (χ3n) is 2.05. The van der Waals surface area contributed by atoms with E-state index in [1.807, 2.05) is 0 Å². The summed E-state index contributed by atoms with van der Waals surface area (Å²) in [6, 6.07) is -1.55. The Balaban J connectivity index is 2.86. The SMILES string of the molecule is CC(=O)N1C[C@@H](O)[C@@H](F)[C@H]1C(=O)O. The number of carbonyl (C=O) groups excluding carboxylic acids is 1. The molecule has 1 aliphatic heterocycles. The summed E-state index contributed by atoms with van der Waals surface area (Å²) in [7, 11) is 0. The molecule has 3 atom stereocenters. The molecule has 0 unspecified atom stereocenters. The van der Waals surface area contributed by atoms with Gasteiger partial charge in [-0.2, -0.15) is 0 Å². The summed E-state index contributed by atoms with van der Waals surface area (Å²) < 4.78 is 13.0. The van der Waals surface area contributed by atoms with Crippen LogP contribution in [0.1, 0.15) is 6.92 Å². The molecule has 1 aliphatic rings. The fraction of sp³-hybridized carbons (Fsp3) is 0.714. The Morgan fingerprint density at radius 1 is 1.54 bits per heavy atom. The highest BCUT2D eigenvalue weighted by Gasteiger charge is 2.46. The zero-order valence-electron chi connectivity index (χ0n) is 6.98. The number of aliphatic carboxylic acids is 1. The van der Waals surface area contributed by atoms with Gasteiger partial charge >= 0.3 is 5.97 Å². The highest BCUT2D eigenvalue weighted by Crippen LogP contribution is 2.21. The number of amides is 1. The Morgan fingerprint density at radius 2 is 2.08 bits per heavy atom. The van der Waals surface area contributed by atoms with Crippen molar-refractivity contribution in [3.05, 3.63) is 0 Å². The molecular weight excluding hydrogens is 181 g/mol. The molecule has 1 fully saturated rings. The Kier molecular flexibility index (Phi) is 2.51. The van der Waals surface area contributed by atoms with E-state index in [1.165, 1.54) is 0 Å². The van der Waals surface area contributed by atoms with Gasteiger partial charge < -0.3 is 15.1 Å². The molecule has 1 heterocycles. The summed E-state index contributed by atoms with van der Waals surface area (Å²) in [5.74, 6) is -1.98. The number of rotatable bonds is 1. The molecule has 2 N–H and O–H groups in total. The number of nitrogens with zero attached hydrogens (tertiary/aromatic N) is 1. The average molecular weight is 191 g/mol. The smallest absolute Gasteiger partial charge is 0.329 e. The maximum atomic E-state index is 13.0. The largest absolute Gasteiger partial charge is 0.480 e. The standard InChI is InChI=1S/C7H10FNO4/c1-3(10)9-2-4(11)5(8)6(9)7(12)13/h4-6,11H,2H2,1H3,(H,12,13)/t4-,5-,6+/m1/s1. The van der Waals surface area contributed by atoms with E-state index in [0.717, 1.165) is 11.8 Å². The fourth-order valence-corrected chi connectivity index (χ4v) is 1.39. The first-order chi connectivity index (χ1) is 5.95. The third-order valence-corrected chi connectivity index (χ3v) is 2.05.